The molecule has 0 aliphatic carbocycles. The van der Waals surface area contributed by atoms with Crippen LogP contribution in [0.1, 0.15) is 18.1 Å². The molecule has 0 bridgehead atoms. The normalized spacial score (nSPS) is 11.7. The van der Waals surface area contributed by atoms with Crippen LogP contribution in [0.15, 0.2) is 65.0 Å². The van der Waals surface area contributed by atoms with Gasteiger partial charge < -0.3 is 4.74 Å². The molecule has 1 aromatic heterocycles. The predicted octanol–water partition coefficient (Wildman–Crippen LogP) is 3.41. The Balaban J connectivity index is 1.68. The summed E-state index contributed by atoms with van der Waals surface area (Å²) in [7, 11) is -2.29. The van der Waals surface area contributed by atoms with Crippen LogP contribution in [-0.4, -0.2) is 42.5 Å². The molecule has 0 spiro atoms. The molecule has 0 atom stereocenters. The molecule has 0 unspecified atom stereocenters. The number of hydrogen-bond acceptors (Lipinski definition) is 7. The van der Waals surface area contributed by atoms with Crippen molar-refractivity contribution in [1.29, 1.82) is 0 Å². The third-order valence-corrected chi connectivity index (χ3v) is 7.40. The van der Waals surface area contributed by atoms with Crippen molar-refractivity contribution >= 4 is 38.5 Å². The van der Waals surface area contributed by atoms with Crippen LogP contribution in [0.25, 0.3) is 6.08 Å². The van der Waals surface area contributed by atoms with E-state index in [0.29, 0.717) is 5.75 Å². The fourth-order valence-corrected chi connectivity index (χ4v) is 5.14. The average molecular weight is 459 g/mol. The Kier molecular flexibility index (Phi) is 7.50. The second kappa shape index (κ2) is 10.3. The molecular weight excluding hydrogens is 436 g/mol. The number of hydrogen-bond donors (Lipinski definition) is 1. The summed E-state index contributed by atoms with van der Waals surface area (Å²) in [5.41, 5.74) is 1.69. The molecule has 3 rings (SSSR count). The van der Waals surface area contributed by atoms with Crippen LogP contribution in [0.4, 0.5) is 5.13 Å². The van der Waals surface area contributed by atoms with Crippen LogP contribution in [0.3, 0.4) is 0 Å². The van der Waals surface area contributed by atoms with Gasteiger partial charge >= 0.3 is 0 Å². The van der Waals surface area contributed by atoms with Gasteiger partial charge in [0.2, 0.25) is 15.4 Å². The summed E-state index contributed by atoms with van der Waals surface area (Å²) >= 11 is 0.812. The van der Waals surface area contributed by atoms with Gasteiger partial charge in [-0.25, -0.2) is 8.42 Å². The molecule has 1 amide bonds. The van der Waals surface area contributed by atoms with Crippen LogP contribution in [0.2, 0.25) is 0 Å². The Morgan fingerprint density at radius 1 is 1.13 bits per heavy atom. The van der Waals surface area contributed by atoms with Crippen molar-refractivity contribution in [2.45, 2.75) is 17.8 Å². The summed E-state index contributed by atoms with van der Waals surface area (Å²) in [6, 6.07) is 16.5. The van der Waals surface area contributed by atoms with Crippen molar-refractivity contribution in [3.05, 3.63) is 71.8 Å². The standard InChI is InChI=1S/C21H22N4O4S2/c1-3-25(15-17-9-12-18(29-2)13-10-17)31(27,28)21-24-23-20(30-21)22-19(26)14-11-16-7-5-4-6-8-16/h4-14H,3,15H2,1-2H3,(H,22,23,26). The number of methoxy groups -OCH3 is 1. The fraction of sp³-hybridized carbons (Fsp3) is 0.190. The molecule has 0 radical (unpaired) electrons. The van der Waals surface area contributed by atoms with Crippen molar-refractivity contribution < 1.29 is 17.9 Å². The number of benzene rings is 2. The van der Waals surface area contributed by atoms with E-state index in [9.17, 15) is 13.2 Å². The number of carbonyl (C=O) groups is 1. The lowest BCUT2D eigenvalue weighted by molar-refractivity contribution is -0.111. The van der Waals surface area contributed by atoms with Crippen molar-refractivity contribution in [3.63, 3.8) is 0 Å². The number of aromatic nitrogens is 2. The lowest BCUT2D eigenvalue weighted by Gasteiger charge is -2.18. The number of rotatable bonds is 9. The third-order valence-electron chi connectivity index (χ3n) is 4.29. The van der Waals surface area contributed by atoms with Gasteiger partial charge in [0.25, 0.3) is 10.0 Å². The van der Waals surface area contributed by atoms with E-state index in [4.69, 9.17) is 4.74 Å². The van der Waals surface area contributed by atoms with Crippen LogP contribution in [0.5, 0.6) is 5.75 Å². The van der Waals surface area contributed by atoms with Crippen LogP contribution in [0, 0.1) is 0 Å². The second-order valence-electron chi connectivity index (χ2n) is 6.39. The van der Waals surface area contributed by atoms with E-state index >= 15 is 0 Å². The zero-order chi connectivity index (χ0) is 22.3. The lowest BCUT2D eigenvalue weighted by Crippen LogP contribution is -2.30. The zero-order valence-corrected chi connectivity index (χ0v) is 18.7. The zero-order valence-electron chi connectivity index (χ0n) is 17.1. The van der Waals surface area contributed by atoms with Gasteiger partial charge in [0.1, 0.15) is 5.75 Å². The van der Waals surface area contributed by atoms with Gasteiger partial charge in [-0.05, 0) is 29.3 Å². The smallest absolute Gasteiger partial charge is 0.272 e. The van der Waals surface area contributed by atoms with Gasteiger partial charge in [-0.15, -0.1) is 10.2 Å². The van der Waals surface area contributed by atoms with E-state index in [0.717, 1.165) is 22.5 Å². The highest BCUT2D eigenvalue weighted by atomic mass is 32.2. The molecule has 0 aliphatic rings. The molecular formula is C21H22N4O4S2. The molecule has 0 saturated heterocycles. The highest BCUT2D eigenvalue weighted by molar-refractivity contribution is 7.91. The summed E-state index contributed by atoms with van der Waals surface area (Å²) < 4.78 is 32.2. The number of ether oxygens (including phenoxy) is 1. The van der Waals surface area contributed by atoms with Gasteiger partial charge in [0, 0.05) is 19.2 Å². The molecule has 10 heteroatoms. The molecule has 2 aromatic carbocycles. The average Bonchev–Trinajstić information content (AvgIpc) is 3.26. The summed E-state index contributed by atoms with van der Waals surface area (Å²) in [6.45, 7) is 2.19. The van der Waals surface area contributed by atoms with Crippen molar-refractivity contribution in [3.8, 4) is 5.75 Å². The van der Waals surface area contributed by atoms with Gasteiger partial charge in [-0.2, -0.15) is 4.31 Å². The number of nitrogens with one attached hydrogen (secondary N) is 1. The minimum absolute atomic E-state index is 0.113. The summed E-state index contributed by atoms with van der Waals surface area (Å²) in [4.78, 5) is 12.1. The Hall–Kier alpha value is -3.08. The van der Waals surface area contributed by atoms with Gasteiger partial charge in [-0.1, -0.05) is 60.7 Å². The highest BCUT2D eigenvalue weighted by Gasteiger charge is 2.28. The Labute approximate surface area is 185 Å². The van der Waals surface area contributed by atoms with E-state index in [2.05, 4.69) is 15.5 Å². The van der Waals surface area contributed by atoms with Crippen LogP contribution < -0.4 is 10.1 Å². The second-order valence-corrected chi connectivity index (χ2v) is 9.47. The molecule has 0 fully saturated rings. The van der Waals surface area contributed by atoms with Crippen LogP contribution in [-0.2, 0) is 21.4 Å². The first kappa shape index (κ1) is 22.6. The van der Waals surface area contributed by atoms with Crippen molar-refractivity contribution in [2.24, 2.45) is 0 Å². The highest BCUT2D eigenvalue weighted by Crippen LogP contribution is 2.25. The maximum Gasteiger partial charge on any atom is 0.272 e. The minimum Gasteiger partial charge on any atom is -0.497 e. The first-order valence-electron chi connectivity index (χ1n) is 9.43. The quantitative estimate of drug-likeness (QED) is 0.389. The largest absolute Gasteiger partial charge is 0.497 e. The number of sulfonamides is 1. The van der Waals surface area contributed by atoms with E-state index in [1.807, 2.05) is 42.5 Å². The number of carbonyl (C=O) groups excluding carboxylic acids is 1. The Morgan fingerprint density at radius 2 is 1.84 bits per heavy atom. The van der Waals surface area contributed by atoms with Crippen LogP contribution >= 0.6 is 11.3 Å². The summed E-state index contributed by atoms with van der Waals surface area (Å²) in [6.07, 6.45) is 3.01. The predicted molar refractivity (Wildman–Crippen MR) is 120 cm³/mol. The first-order valence-corrected chi connectivity index (χ1v) is 11.7. The molecule has 0 saturated carbocycles. The number of amides is 1. The van der Waals surface area contributed by atoms with Crippen molar-refractivity contribution in [1.82, 2.24) is 14.5 Å². The SMILES string of the molecule is CCN(Cc1ccc(OC)cc1)S(=O)(=O)c1nnc(NC(=O)C=Cc2ccccc2)s1. The maximum atomic E-state index is 13.0. The minimum atomic E-state index is -3.86. The summed E-state index contributed by atoms with van der Waals surface area (Å²) in [5.74, 6) is 0.273. The molecule has 162 valence electrons. The van der Waals surface area contributed by atoms with Gasteiger partial charge in [-0.3, -0.25) is 10.1 Å². The van der Waals surface area contributed by atoms with E-state index < -0.39 is 15.9 Å². The Bertz CT molecular complexity index is 1140. The topological polar surface area (TPSA) is 101 Å². The lowest BCUT2D eigenvalue weighted by atomic mass is 10.2. The molecule has 0 aliphatic heterocycles. The Morgan fingerprint density at radius 3 is 2.48 bits per heavy atom. The van der Waals surface area contributed by atoms with Gasteiger partial charge in [0.15, 0.2) is 0 Å². The molecule has 3 aromatic rings. The van der Waals surface area contributed by atoms with E-state index in [-0.39, 0.29) is 22.6 Å². The fourth-order valence-electron chi connectivity index (χ4n) is 2.66. The monoisotopic (exact) mass is 458 g/mol. The molecule has 1 heterocycles. The van der Waals surface area contributed by atoms with Gasteiger partial charge in [0.05, 0.1) is 7.11 Å². The first-order chi connectivity index (χ1) is 14.9. The van der Waals surface area contributed by atoms with E-state index in [1.54, 1.807) is 32.2 Å². The summed E-state index contributed by atoms with van der Waals surface area (Å²) in [5, 5.41) is 10.2. The third kappa shape index (κ3) is 5.97. The number of anilines is 1. The maximum absolute atomic E-state index is 13.0. The molecule has 1 N–H and O–H groups in total. The number of nitrogens with zero attached hydrogens (tertiary/aromatic N) is 3. The molecule has 31 heavy (non-hydrogen) atoms. The van der Waals surface area contributed by atoms with E-state index in [1.165, 1.54) is 10.4 Å². The van der Waals surface area contributed by atoms with Crippen molar-refractivity contribution in [2.75, 3.05) is 19.0 Å². The molecule has 8 nitrogen and oxygen atoms in total.